The van der Waals surface area contributed by atoms with Gasteiger partial charge in [-0.2, -0.15) is 0 Å². The Labute approximate surface area is 269 Å². The number of hydrogen-bond acceptors (Lipinski definition) is 1. The van der Waals surface area contributed by atoms with E-state index in [-0.39, 0.29) is 0 Å². The summed E-state index contributed by atoms with van der Waals surface area (Å²) in [5.74, 6) is 0. The molecule has 220 valence electrons. The Balaban J connectivity index is 1.29. The summed E-state index contributed by atoms with van der Waals surface area (Å²) < 4.78 is 7.09. The third-order valence-electron chi connectivity index (χ3n) is 10.1. The van der Waals surface area contributed by atoms with Crippen LogP contribution in [0.5, 0.6) is 0 Å². The van der Waals surface area contributed by atoms with Crippen LogP contribution in [0.1, 0.15) is 30.4 Å². The maximum absolute atomic E-state index is 7.09. The van der Waals surface area contributed by atoms with E-state index in [0.717, 1.165) is 25.9 Å². The molecule has 0 amide bonds. The van der Waals surface area contributed by atoms with Crippen LogP contribution < -0.4 is 0 Å². The molecule has 1 heteroatoms. The summed E-state index contributed by atoms with van der Waals surface area (Å²) in [5.41, 5.74) is 7.03. The van der Waals surface area contributed by atoms with Gasteiger partial charge >= 0.3 is 0 Å². The third kappa shape index (κ3) is 4.20. The maximum Gasteiger partial charge on any atom is 0.119 e. The van der Waals surface area contributed by atoms with E-state index in [0.29, 0.717) is 0 Å². The minimum atomic E-state index is -0.550. The molecule has 1 aliphatic rings. The molecule has 1 heterocycles. The van der Waals surface area contributed by atoms with E-state index in [9.17, 15) is 0 Å². The highest BCUT2D eigenvalue weighted by Crippen LogP contribution is 2.49. The molecule has 1 nitrogen and oxygen atoms in total. The van der Waals surface area contributed by atoms with Crippen LogP contribution in [0.25, 0.3) is 65.3 Å². The van der Waals surface area contributed by atoms with Crippen LogP contribution in [-0.2, 0) is 10.3 Å². The molecule has 9 rings (SSSR count). The van der Waals surface area contributed by atoms with Crippen molar-refractivity contribution in [2.45, 2.75) is 24.9 Å². The Hall–Kier alpha value is -5.24. The quantitative estimate of drug-likeness (QED) is 0.198. The van der Waals surface area contributed by atoms with Crippen LogP contribution in [0.4, 0.5) is 0 Å². The molecule has 0 saturated carbocycles. The van der Waals surface area contributed by atoms with Crippen molar-refractivity contribution in [3.05, 3.63) is 169 Å². The summed E-state index contributed by atoms with van der Waals surface area (Å²) in [7, 11) is 0. The summed E-state index contributed by atoms with van der Waals surface area (Å²) in [6.45, 7) is 0.749. The van der Waals surface area contributed by atoms with Crippen LogP contribution >= 0.6 is 0 Å². The molecule has 1 fully saturated rings. The Morgan fingerprint density at radius 2 is 0.761 bits per heavy atom. The molecule has 0 unspecified atom stereocenters. The van der Waals surface area contributed by atoms with E-state index in [1.165, 1.54) is 76.5 Å². The van der Waals surface area contributed by atoms with E-state index < -0.39 is 5.60 Å². The van der Waals surface area contributed by atoms with Gasteiger partial charge in [-0.3, -0.25) is 0 Å². The first kappa shape index (κ1) is 27.1. The molecule has 0 aromatic heterocycles. The highest BCUT2D eigenvalue weighted by atomic mass is 16.5. The van der Waals surface area contributed by atoms with Crippen molar-refractivity contribution in [2.75, 3.05) is 6.61 Å². The van der Waals surface area contributed by atoms with Crippen molar-refractivity contribution < 1.29 is 4.74 Å². The van der Waals surface area contributed by atoms with Crippen molar-refractivity contribution in [1.29, 1.82) is 0 Å². The lowest BCUT2D eigenvalue weighted by atomic mass is 9.75. The summed E-state index contributed by atoms with van der Waals surface area (Å²) in [4.78, 5) is 0. The predicted molar refractivity (Wildman–Crippen MR) is 194 cm³/mol. The van der Waals surface area contributed by atoms with E-state index in [4.69, 9.17) is 4.74 Å². The molecular weight excluding hydrogens is 556 g/mol. The van der Waals surface area contributed by atoms with Crippen LogP contribution in [0.15, 0.2) is 158 Å². The Morgan fingerprint density at radius 3 is 1.24 bits per heavy atom. The van der Waals surface area contributed by atoms with Crippen molar-refractivity contribution in [3.63, 3.8) is 0 Å². The Bertz CT molecular complexity index is 2240. The average Bonchev–Trinajstić information content (AvgIpc) is 3.14. The number of rotatable bonds is 4. The molecule has 0 aliphatic carbocycles. The summed E-state index contributed by atoms with van der Waals surface area (Å²) in [5, 5.41) is 10.1. The molecule has 8 aromatic carbocycles. The highest BCUT2D eigenvalue weighted by molar-refractivity contribution is 6.08. The van der Waals surface area contributed by atoms with Crippen LogP contribution in [0.3, 0.4) is 0 Å². The zero-order valence-corrected chi connectivity index (χ0v) is 25.7. The smallest absolute Gasteiger partial charge is 0.119 e. The van der Waals surface area contributed by atoms with Gasteiger partial charge in [0.15, 0.2) is 0 Å². The lowest BCUT2D eigenvalue weighted by Gasteiger charge is -2.40. The molecular formula is C45H34O. The third-order valence-corrected chi connectivity index (χ3v) is 10.1. The minimum Gasteiger partial charge on any atom is -0.365 e. The second kappa shape index (κ2) is 11.0. The zero-order chi connectivity index (χ0) is 30.5. The van der Waals surface area contributed by atoms with E-state index >= 15 is 0 Å². The molecule has 0 N–H and O–H groups in total. The van der Waals surface area contributed by atoms with E-state index in [1.54, 1.807) is 0 Å². The van der Waals surface area contributed by atoms with E-state index in [2.05, 4.69) is 158 Å². The number of fused-ring (bicyclic) bond motifs is 4. The molecule has 1 saturated heterocycles. The molecule has 0 bridgehead atoms. The van der Waals surface area contributed by atoms with Crippen molar-refractivity contribution in [1.82, 2.24) is 0 Å². The Kier molecular flexibility index (Phi) is 6.47. The molecule has 46 heavy (non-hydrogen) atoms. The van der Waals surface area contributed by atoms with Gasteiger partial charge in [-0.15, -0.1) is 0 Å². The van der Waals surface area contributed by atoms with Crippen molar-refractivity contribution in [3.8, 4) is 22.3 Å². The minimum absolute atomic E-state index is 0.550. The fraction of sp³-hybridized carbons (Fsp3) is 0.111. The van der Waals surface area contributed by atoms with Gasteiger partial charge in [-0.05, 0) is 95.7 Å². The highest BCUT2D eigenvalue weighted by Gasteiger charge is 2.40. The molecule has 0 spiro atoms. The van der Waals surface area contributed by atoms with Gasteiger partial charge in [0.2, 0.25) is 0 Å². The van der Waals surface area contributed by atoms with Crippen LogP contribution in [0, 0.1) is 0 Å². The first-order valence-corrected chi connectivity index (χ1v) is 16.5. The van der Waals surface area contributed by atoms with Gasteiger partial charge in [0.05, 0.1) is 0 Å². The predicted octanol–water partition coefficient (Wildman–Crippen LogP) is 12.1. The van der Waals surface area contributed by atoms with Gasteiger partial charge in [0.1, 0.15) is 5.60 Å². The van der Waals surface area contributed by atoms with Gasteiger partial charge < -0.3 is 4.74 Å². The largest absolute Gasteiger partial charge is 0.365 e. The SMILES string of the molecule is c1ccc2c(-c3ccc(C4(c5ccc(-c6cccc7ccccc67)c6ccccc56)CCCCO4)c4ccccc34)cccc2c1. The number of hydrogen-bond donors (Lipinski definition) is 0. The molecule has 0 radical (unpaired) electrons. The van der Waals surface area contributed by atoms with Gasteiger partial charge in [-0.1, -0.05) is 158 Å². The maximum atomic E-state index is 7.09. The molecule has 1 aliphatic heterocycles. The topological polar surface area (TPSA) is 9.23 Å². The lowest BCUT2D eigenvalue weighted by Crippen LogP contribution is -2.35. The monoisotopic (exact) mass is 590 g/mol. The zero-order valence-electron chi connectivity index (χ0n) is 25.7. The van der Waals surface area contributed by atoms with E-state index in [1.807, 2.05) is 0 Å². The van der Waals surface area contributed by atoms with Crippen LogP contribution in [0.2, 0.25) is 0 Å². The lowest BCUT2D eigenvalue weighted by molar-refractivity contribution is -0.0513. The second-order valence-corrected chi connectivity index (χ2v) is 12.6. The molecule has 8 aromatic rings. The van der Waals surface area contributed by atoms with Crippen molar-refractivity contribution >= 4 is 43.1 Å². The molecule has 0 atom stereocenters. The van der Waals surface area contributed by atoms with Crippen molar-refractivity contribution in [2.24, 2.45) is 0 Å². The fourth-order valence-electron chi connectivity index (χ4n) is 8.06. The average molecular weight is 591 g/mol. The standard InChI is InChI=1S/C45H34O/c1-3-17-33-31(13-1)15-11-23-35(33)39-25-27-43(41-21-7-5-19-37(39)41)45(29-9-10-30-46-45)44-28-26-40(38-20-6-8-22-42(38)44)36-24-12-16-32-14-2-4-18-34(32)36/h1-8,11-28H,9-10,29-30H2. The van der Waals surface area contributed by atoms with Gasteiger partial charge in [-0.25, -0.2) is 0 Å². The Morgan fingerprint density at radius 1 is 0.348 bits per heavy atom. The number of ether oxygens (including phenoxy) is 1. The van der Waals surface area contributed by atoms with Crippen LogP contribution in [-0.4, -0.2) is 6.61 Å². The fourth-order valence-corrected chi connectivity index (χ4v) is 8.06. The summed E-state index contributed by atoms with van der Waals surface area (Å²) >= 11 is 0. The summed E-state index contributed by atoms with van der Waals surface area (Å²) in [6, 6.07) is 57.9. The number of benzene rings is 8. The van der Waals surface area contributed by atoms with Gasteiger partial charge in [0, 0.05) is 6.61 Å². The first-order chi connectivity index (χ1) is 22.8. The first-order valence-electron chi connectivity index (χ1n) is 16.5. The second-order valence-electron chi connectivity index (χ2n) is 12.6. The normalized spacial score (nSPS) is 14.7. The van der Waals surface area contributed by atoms with Gasteiger partial charge in [0.25, 0.3) is 0 Å². The summed E-state index contributed by atoms with van der Waals surface area (Å²) in [6.07, 6.45) is 3.15.